The lowest BCUT2D eigenvalue weighted by Gasteiger charge is -2.27. The van der Waals surface area contributed by atoms with Gasteiger partial charge in [-0.25, -0.2) is 0 Å². The normalized spacial score (nSPS) is 23.1. The highest BCUT2D eigenvalue weighted by Gasteiger charge is 2.34. The van der Waals surface area contributed by atoms with Crippen LogP contribution in [0, 0.1) is 5.92 Å². The summed E-state index contributed by atoms with van der Waals surface area (Å²) in [6.07, 6.45) is 1.67. The zero-order chi connectivity index (χ0) is 13.8. The minimum Gasteiger partial charge on any atom is -0.300 e. The van der Waals surface area contributed by atoms with Crippen molar-refractivity contribution < 1.29 is 14.4 Å². The first-order valence-corrected chi connectivity index (χ1v) is 6.67. The molecule has 1 aromatic rings. The topological polar surface area (TPSA) is 51.2 Å². The molecule has 0 radical (unpaired) electrons. The van der Waals surface area contributed by atoms with Crippen molar-refractivity contribution in [2.75, 3.05) is 0 Å². The van der Waals surface area contributed by atoms with E-state index in [1.807, 2.05) is 30.3 Å². The fourth-order valence-electron chi connectivity index (χ4n) is 2.73. The molecular weight excluding hydrogens is 240 g/mol. The summed E-state index contributed by atoms with van der Waals surface area (Å²) in [4.78, 5) is 34.8. The summed E-state index contributed by atoms with van der Waals surface area (Å²) in [7, 11) is 0. The third-order valence-corrected chi connectivity index (χ3v) is 3.73. The van der Waals surface area contributed by atoms with Crippen molar-refractivity contribution >= 4 is 17.3 Å². The van der Waals surface area contributed by atoms with Gasteiger partial charge in [0, 0.05) is 6.42 Å². The van der Waals surface area contributed by atoms with E-state index in [1.54, 1.807) is 0 Å². The second kappa shape index (κ2) is 5.91. The standard InChI is InChI=1S/C16H18O3/c1-11(17)9-16(19)14-10-13(7-8-15(14)18)12-5-3-2-4-6-12/h2-6,13-14H,7-10H2,1H3. The first kappa shape index (κ1) is 13.7. The molecule has 0 spiro atoms. The van der Waals surface area contributed by atoms with Crippen molar-refractivity contribution in [3.05, 3.63) is 35.9 Å². The molecule has 1 aromatic carbocycles. The largest absolute Gasteiger partial charge is 0.300 e. The Labute approximate surface area is 113 Å². The third-order valence-electron chi connectivity index (χ3n) is 3.73. The van der Waals surface area contributed by atoms with Gasteiger partial charge in [-0.1, -0.05) is 30.3 Å². The van der Waals surface area contributed by atoms with Gasteiger partial charge in [-0.3, -0.25) is 14.4 Å². The van der Waals surface area contributed by atoms with Crippen molar-refractivity contribution in [3.8, 4) is 0 Å². The van der Waals surface area contributed by atoms with Crippen LogP contribution in [-0.4, -0.2) is 17.3 Å². The zero-order valence-corrected chi connectivity index (χ0v) is 11.1. The highest BCUT2D eigenvalue weighted by molar-refractivity contribution is 6.09. The lowest BCUT2D eigenvalue weighted by Crippen LogP contribution is -2.31. The molecule has 100 valence electrons. The number of hydrogen-bond donors (Lipinski definition) is 0. The van der Waals surface area contributed by atoms with E-state index in [0.29, 0.717) is 12.8 Å². The van der Waals surface area contributed by atoms with Gasteiger partial charge in [-0.05, 0) is 31.2 Å². The van der Waals surface area contributed by atoms with Crippen LogP contribution < -0.4 is 0 Å². The monoisotopic (exact) mass is 258 g/mol. The minimum absolute atomic E-state index is 0.00145. The van der Waals surface area contributed by atoms with Gasteiger partial charge in [0.05, 0.1) is 12.3 Å². The number of benzene rings is 1. The molecule has 0 heterocycles. The maximum Gasteiger partial charge on any atom is 0.150 e. The number of Topliss-reactive ketones (excluding diaryl/α,β-unsaturated/α-hetero) is 3. The predicted molar refractivity (Wildman–Crippen MR) is 71.8 cm³/mol. The van der Waals surface area contributed by atoms with Gasteiger partial charge in [0.25, 0.3) is 0 Å². The molecule has 0 bridgehead atoms. The van der Waals surface area contributed by atoms with Crippen LogP contribution in [0.15, 0.2) is 30.3 Å². The molecule has 0 amide bonds. The van der Waals surface area contributed by atoms with Crippen LogP contribution in [0.1, 0.15) is 44.1 Å². The Balaban J connectivity index is 2.10. The molecule has 3 heteroatoms. The zero-order valence-electron chi connectivity index (χ0n) is 11.1. The van der Waals surface area contributed by atoms with E-state index < -0.39 is 5.92 Å². The van der Waals surface area contributed by atoms with Gasteiger partial charge >= 0.3 is 0 Å². The second-order valence-electron chi connectivity index (χ2n) is 5.25. The Morgan fingerprint density at radius 2 is 1.89 bits per heavy atom. The second-order valence-corrected chi connectivity index (χ2v) is 5.25. The summed E-state index contributed by atoms with van der Waals surface area (Å²) in [5.41, 5.74) is 1.18. The Hall–Kier alpha value is -1.77. The maximum atomic E-state index is 12.0. The smallest absolute Gasteiger partial charge is 0.150 e. The van der Waals surface area contributed by atoms with E-state index in [4.69, 9.17) is 0 Å². The highest BCUT2D eigenvalue weighted by Crippen LogP contribution is 2.35. The summed E-state index contributed by atoms with van der Waals surface area (Å²) in [6, 6.07) is 9.96. The molecule has 0 aromatic heterocycles. The van der Waals surface area contributed by atoms with E-state index in [9.17, 15) is 14.4 Å². The molecule has 19 heavy (non-hydrogen) atoms. The summed E-state index contributed by atoms with van der Waals surface area (Å²) in [5.74, 6) is -0.709. The van der Waals surface area contributed by atoms with Crippen molar-refractivity contribution in [2.24, 2.45) is 5.92 Å². The summed E-state index contributed by atoms with van der Waals surface area (Å²) in [6.45, 7) is 1.39. The lowest BCUT2D eigenvalue weighted by molar-refractivity contribution is -0.136. The molecule has 0 saturated heterocycles. The average molecular weight is 258 g/mol. The van der Waals surface area contributed by atoms with E-state index in [-0.39, 0.29) is 29.7 Å². The number of rotatable bonds is 4. The van der Waals surface area contributed by atoms with Crippen LogP contribution in [0.5, 0.6) is 0 Å². The Kier molecular flexibility index (Phi) is 4.25. The number of ketones is 3. The molecule has 1 aliphatic carbocycles. The van der Waals surface area contributed by atoms with Gasteiger partial charge in [0.15, 0.2) is 5.78 Å². The molecule has 2 rings (SSSR count). The molecule has 0 aliphatic heterocycles. The SMILES string of the molecule is CC(=O)CC(=O)C1CC(c2ccccc2)CCC1=O. The van der Waals surface area contributed by atoms with Crippen molar-refractivity contribution in [2.45, 2.75) is 38.5 Å². The fraction of sp³-hybridized carbons (Fsp3) is 0.438. The summed E-state index contributed by atoms with van der Waals surface area (Å²) < 4.78 is 0. The summed E-state index contributed by atoms with van der Waals surface area (Å²) in [5, 5.41) is 0. The first-order valence-electron chi connectivity index (χ1n) is 6.67. The van der Waals surface area contributed by atoms with Crippen LogP contribution in [0.2, 0.25) is 0 Å². The Bertz CT molecular complexity index is 490. The molecule has 2 unspecified atom stereocenters. The number of carbonyl (C=O) groups is 3. The van der Waals surface area contributed by atoms with Gasteiger partial charge in [-0.2, -0.15) is 0 Å². The van der Waals surface area contributed by atoms with Crippen LogP contribution in [-0.2, 0) is 14.4 Å². The van der Waals surface area contributed by atoms with E-state index in [0.717, 1.165) is 6.42 Å². The molecule has 1 fully saturated rings. The van der Waals surface area contributed by atoms with Gasteiger partial charge in [-0.15, -0.1) is 0 Å². The Morgan fingerprint density at radius 3 is 2.53 bits per heavy atom. The summed E-state index contributed by atoms with van der Waals surface area (Å²) >= 11 is 0. The number of hydrogen-bond acceptors (Lipinski definition) is 3. The van der Waals surface area contributed by atoms with Crippen LogP contribution in [0.3, 0.4) is 0 Å². The van der Waals surface area contributed by atoms with Gasteiger partial charge < -0.3 is 0 Å². The van der Waals surface area contributed by atoms with E-state index in [2.05, 4.69) is 0 Å². The molecule has 2 atom stereocenters. The fourth-order valence-corrected chi connectivity index (χ4v) is 2.73. The van der Waals surface area contributed by atoms with Gasteiger partial charge in [0.1, 0.15) is 11.6 Å². The van der Waals surface area contributed by atoms with Gasteiger partial charge in [0.2, 0.25) is 0 Å². The van der Waals surface area contributed by atoms with Crippen LogP contribution >= 0.6 is 0 Å². The molecule has 1 aliphatic rings. The molecule has 3 nitrogen and oxygen atoms in total. The third kappa shape index (κ3) is 3.37. The Morgan fingerprint density at radius 1 is 1.21 bits per heavy atom. The van der Waals surface area contributed by atoms with E-state index in [1.165, 1.54) is 12.5 Å². The van der Waals surface area contributed by atoms with Crippen molar-refractivity contribution in [1.29, 1.82) is 0 Å². The average Bonchev–Trinajstić information content (AvgIpc) is 2.39. The van der Waals surface area contributed by atoms with Crippen molar-refractivity contribution in [1.82, 2.24) is 0 Å². The minimum atomic E-state index is -0.581. The quantitative estimate of drug-likeness (QED) is 0.780. The van der Waals surface area contributed by atoms with Crippen LogP contribution in [0.4, 0.5) is 0 Å². The first-order chi connectivity index (χ1) is 9.08. The molecule has 1 saturated carbocycles. The van der Waals surface area contributed by atoms with Crippen LogP contribution in [0.25, 0.3) is 0 Å². The highest BCUT2D eigenvalue weighted by atomic mass is 16.2. The molecular formula is C16H18O3. The van der Waals surface area contributed by atoms with E-state index >= 15 is 0 Å². The maximum absolute atomic E-state index is 12.0. The lowest BCUT2D eigenvalue weighted by atomic mass is 9.75. The predicted octanol–water partition coefficient (Wildman–Crippen LogP) is 2.69. The number of carbonyl (C=O) groups excluding carboxylic acids is 3. The van der Waals surface area contributed by atoms with Crippen molar-refractivity contribution in [3.63, 3.8) is 0 Å². The molecule has 0 N–H and O–H groups in total.